The average molecular weight is 563 g/mol. The molecule has 6 heteroatoms. The second kappa shape index (κ2) is 18.1. The molecule has 0 unspecified atom stereocenters. The van der Waals surface area contributed by atoms with Crippen LogP contribution in [-0.2, 0) is 43.5 Å². The highest BCUT2D eigenvalue weighted by molar-refractivity contribution is 5.15. The molecule has 1 heterocycles. The molecule has 41 heavy (non-hydrogen) atoms. The Bertz CT molecular complexity index is 1060. The van der Waals surface area contributed by atoms with E-state index in [-0.39, 0.29) is 6.61 Å². The smallest absolute Gasteiger partial charge is 0.186 e. The minimum Gasteiger partial charge on any atom is -0.388 e. The molecule has 3 aromatic rings. The van der Waals surface area contributed by atoms with Crippen molar-refractivity contribution in [2.75, 3.05) is 13.2 Å². The van der Waals surface area contributed by atoms with E-state index in [0.717, 1.165) is 29.5 Å². The van der Waals surface area contributed by atoms with Gasteiger partial charge >= 0.3 is 0 Å². The summed E-state index contributed by atoms with van der Waals surface area (Å²) in [6.45, 7) is 4.08. The van der Waals surface area contributed by atoms with Crippen LogP contribution in [0.15, 0.2) is 91.0 Å². The summed E-state index contributed by atoms with van der Waals surface area (Å²) in [6, 6.07) is 30.0. The zero-order chi connectivity index (χ0) is 28.5. The second-order valence-electron chi connectivity index (χ2n) is 10.7. The largest absolute Gasteiger partial charge is 0.388 e. The van der Waals surface area contributed by atoms with Crippen molar-refractivity contribution in [1.29, 1.82) is 0 Å². The second-order valence-corrected chi connectivity index (χ2v) is 10.7. The molecule has 0 spiro atoms. The van der Waals surface area contributed by atoms with Crippen molar-refractivity contribution >= 4 is 0 Å². The third-order valence-corrected chi connectivity index (χ3v) is 7.34. The fraction of sp³-hybridized carbons (Fsp3) is 0.486. The van der Waals surface area contributed by atoms with Crippen LogP contribution in [0.5, 0.6) is 0 Å². The molecule has 1 fully saturated rings. The van der Waals surface area contributed by atoms with Crippen molar-refractivity contribution in [2.24, 2.45) is 0 Å². The van der Waals surface area contributed by atoms with Crippen LogP contribution in [0.1, 0.15) is 62.1 Å². The van der Waals surface area contributed by atoms with Crippen LogP contribution in [-0.4, -0.2) is 49.0 Å². The van der Waals surface area contributed by atoms with E-state index in [4.69, 9.17) is 23.7 Å². The van der Waals surface area contributed by atoms with Gasteiger partial charge in [0.05, 0.1) is 26.4 Å². The number of hydrogen-bond acceptors (Lipinski definition) is 6. The summed E-state index contributed by atoms with van der Waals surface area (Å²) < 4.78 is 31.4. The number of rotatable bonds is 19. The molecule has 3 aromatic carbocycles. The first-order valence-corrected chi connectivity index (χ1v) is 15.1. The standard InChI is InChI=1S/C35H46O6/c1-2-3-4-5-6-16-23-38-35-34(40-26-30-21-14-9-15-22-30)33(39-25-29-19-12-8-13-20-29)32(41-35)31(36)27-37-24-28-17-10-7-11-18-28/h7-15,17-22,31-36H,2-6,16,23-27H2,1H3/t31-,32+,33+,34-,35-/m1/s1. The van der Waals surface area contributed by atoms with Gasteiger partial charge in [0.1, 0.15) is 24.4 Å². The molecule has 6 nitrogen and oxygen atoms in total. The third kappa shape index (κ3) is 10.6. The van der Waals surface area contributed by atoms with E-state index in [1.807, 2.05) is 91.0 Å². The summed E-state index contributed by atoms with van der Waals surface area (Å²) in [7, 11) is 0. The maximum Gasteiger partial charge on any atom is 0.186 e. The molecule has 5 atom stereocenters. The fourth-order valence-electron chi connectivity index (χ4n) is 5.04. The highest BCUT2D eigenvalue weighted by Gasteiger charge is 2.50. The molecule has 0 aromatic heterocycles. The summed E-state index contributed by atoms with van der Waals surface area (Å²) in [4.78, 5) is 0. The zero-order valence-electron chi connectivity index (χ0n) is 24.3. The van der Waals surface area contributed by atoms with Gasteiger partial charge in [-0.15, -0.1) is 0 Å². The zero-order valence-corrected chi connectivity index (χ0v) is 24.3. The lowest BCUT2D eigenvalue weighted by Crippen LogP contribution is -2.44. The predicted molar refractivity (Wildman–Crippen MR) is 160 cm³/mol. The first kappa shape index (κ1) is 31.4. The number of aliphatic hydroxyl groups is 1. The third-order valence-electron chi connectivity index (χ3n) is 7.34. The van der Waals surface area contributed by atoms with E-state index >= 15 is 0 Å². The van der Waals surface area contributed by atoms with Crippen LogP contribution in [0, 0.1) is 0 Å². The summed E-state index contributed by atoms with van der Waals surface area (Å²) in [5.41, 5.74) is 3.15. The summed E-state index contributed by atoms with van der Waals surface area (Å²) in [6.07, 6.45) is 3.78. The number of ether oxygens (including phenoxy) is 5. The Morgan fingerprint density at radius 2 is 1.15 bits per heavy atom. The Hall–Kier alpha value is -2.58. The molecule has 0 saturated carbocycles. The van der Waals surface area contributed by atoms with Crippen LogP contribution >= 0.6 is 0 Å². The van der Waals surface area contributed by atoms with E-state index in [1.54, 1.807) is 0 Å². The van der Waals surface area contributed by atoms with Gasteiger partial charge in [-0.2, -0.15) is 0 Å². The van der Waals surface area contributed by atoms with Crippen molar-refractivity contribution in [1.82, 2.24) is 0 Å². The molecule has 1 N–H and O–H groups in total. The quantitative estimate of drug-likeness (QED) is 0.162. The van der Waals surface area contributed by atoms with Gasteiger partial charge < -0.3 is 28.8 Å². The number of unbranched alkanes of at least 4 members (excludes halogenated alkanes) is 5. The molecule has 1 saturated heterocycles. The van der Waals surface area contributed by atoms with E-state index < -0.39 is 30.7 Å². The normalized spacial score (nSPS) is 21.2. The molecular weight excluding hydrogens is 516 g/mol. The topological polar surface area (TPSA) is 66.4 Å². The molecule has 0 radical (unpaired) electrons. The molecular formula is C35H46O6. The van der Waals surface area contributed by atoms with Gasteiger partial charge in [0.15, 0.2) is 6.29 Å². The number of aliphatic hydroxyl groups excluding tert-OH is 1. The van der Waals surface area contributed by atoms with Gasteiger partial charge in [-0.3, -0.25) is 0 Å². The van der Waals surface area contributed by atoms with Crippen LogP contribution in [0.3, 0.4) is 0 Å². The molecule has 1 aliphatic rings. The lowest BCUT2D eigenvalue weighted by atomic mass is 10.1. The Morgan fingerprint density at radius 1 is 0.634 bits per heavy atom. The van der Waals surface area contributed by atoms with Crippen LogP contribution < -0.4 is 0 Å². The maximum atomic E-state index is 11.3. The molecule has 1 aliphatic heterocycles. The minimum atomic E-state index is -0.912. The van der Waals surface area contributed by atoms with Gasteiger partial charge in [0.2, 0.25) is 0 Å². The van der Waals surface area contributed by atoms with Gasteiger partial charge in [-0.05, 0) is 23.1 Å². The van der Waals surface area contributed by atoms with Crippen molar-refractivity contribution < 1.29 is 28.8 Å². The van der Waals surface area contributed by atoms with Crippen LogP contribution in [0.2, 0.25) is 0 Å². The van der Waals surface area contributed by atoms with Crippen molar-refractivity contribution in [3.05, 3.63) is 108 Å². The Kier molecular flexibility index (Phi) is 13.8. The Morgan fingerprint density at radius 3 is 1.73 bits per heavy atom. The average Bonchev–Trinajstić information content (AvgIpc) is 3.37. The molecule has 222 valence electrons. The first-order valence-electron chi connectivity index (χ1n) is 15.1. The maximum absolute atomic E-state index is 11.3. The first-order chi connectivity index (χ1) is 20.2. The SMILES string of the molecule is CCCCCCCCO[C@@H]1O[C@@H]([C@H](O)COCc2ccccc2)[C@H](OCc2ccccc2)[C@H]1OCc1ccccc1. The van der Waals surface area contributed by atoms with Gasteiger partial charge in [0.25, 0.3) is 0 Å². The summed E-state index contributed by atoms with van der Waals surface area (Å²) in [5, 5.41) is 11.3. The Balaban J connectivity index is 1.43. The van der Waals surface area contributed by atoms with Gasteiger partial charge in [0, 0.05) is 6.61 Å². The highest BCUT2D eigenvalue weighted by Crippen LogP contribution is 2.31. The monoisotopic (exact) mass is 562 g/mol. The highest BCUT2D eigenvalue weighted by atomic mass is 16.7. The lowest BCUT2D eigenvalue weighted by molar-refractivity contribution is -0.192. The Labute approximate surface area is 245 Å². The summed E-state index contributed by atoms with van der Waals surface area (Å²) in [5.74, 6) is 0. The van der Waals surface area contributed by atoms with Gasteiger partial charge in [-0.25, -0.2) is 0 Å². The van der Waals surface area contributed by atoms with Crippen molar-refractivity contribution in [2.45, 2.75) is 96.0 Å². The number of benzene rings is 3. The van der Waals surface area contributed by atoms with Gasteiger partial charge in [-0.1, -0.05) is 130 Å². The minimum absolute atomic E-state index is 0.111. The number of hydrogen-bond donors (Lipinski definition) is 1. The lowest BCUT2D eigenvalue weighted by Gasteiger charge is -2.27. The molecule has 0 aliphatic carbocycles. The molecule has 4 rings (SSSR count). The molecule has 0 amide bonds. The van der Waals surface area contributed by atoms with E-state index in [2.05, 4.69) is 6.92 Å². The summed E-state index contributed by atoms with van der Waals surface area (Å²) >= 11 is 0. The van der Waals surface area contributed by atoms with Crippen LogP contribution in [0.4, 0.5) is 0 Å². The molecule has 0 bridgehead atoms. The van der Waals surface area contributed by atoms with E-state index in [0.29, 0.717) is 26.4 Å². The van der Waals surface area contributed by atoms with E-state index in [9.17, 15) is 5.11 Å². The van der Waals surface area contributed by atoms with E-state index in [1.165, 1.54) is 25.7 Å². The van der Waals surface area contributed by atoms with Crippen molar-refractivity contribution in [3.63, 3.8) is 0 Å². The fourth-order valence-corrected chi connectivity index (χ4v) is 5.04. The van der Waals surface area contributed by atoms with Crippen molar-refractivity contribution in [3.8, 4) is 0 Å². The predicted octanol–water partition coefficient (Wildman–Crippen LogP) is 6.84. The van der Waals surface area contributed by atoms with Crippen LogP contribution in [0.25, 0.3) is 0 Å².